The molecule has 1 aromatic rings. The fourth-order valence-corrected chi connectivity index (χ4v) is 1.59. The highest BCUT2D eigenvalue weighted by atomic mass is 16.6. The summed E-state index contributed by atoms with van der Waals surface area (Å²) < 4.78 is 10.1. The van der Waals surface area contributed by atoms with Gasteiger partial charge in [0, 0.05) is 12.6 Å². The lowest BCUT2D eigenvalue weighted by molar-refractivity contribution is -0.139. The quantitative estimate of drug-likeness (QED) is 0.807. The predicted molar refractivity (Wildman–Crippen MR) is 82.8 cm³/mol. The molecule has 0 aliphatic rings. The molecule has 0 unspecified atom stereocenters. The van der Waals surface area contributed by atoms with E-state index in [4.69, 9.17) is 14.6 Å². The van der Waals surface area contributed by atoms with Gasteiger partial charge in [-0.05, 0) is 45.0 Å². The van der Waals surface area contributed by atoms with Crippen molar-refractivity contribution in [3.05, 3.63) is 29.8 Å². The van der Waals surface area contributed by atoms with Crippen molar-refractivity contribution in [3.63, 3.8) is 0 Å². The zero-order chi connectivity index (χ0) is 17.6. The monoisotopic (exact) mass is 323 g/mol. The number of hydrogen-bond acceptors (Lipinski definition) is 5. The number of carbonyl (C=O) groups is 3. The van der Waals surface area contributed by atoms with E-state index in [1.165, 1.54) is 36.2 Å². The molecular weight excluding hydrogens is 302 g/mol. The lowest BCUT2D eigenvalue weighted by Gasteiger charge is -2.24. The van der Waals surface area contributed by atoms with Gasteiger partial charge in [0.1, 0.15) is 11.4 Å². The first-order valence-corrected chi connectivity index (χ1v) is 7.00. The number of ketones is 1. The van der Waals surface area contributed by atoms with Gasteiger partial charge in [-0.3, -0.25) is 4.79 Å². The molecule has 0 radical (unpaired) electrons. The smallest absolute Gasteiger partial charge is 0.410 e. The van der Waals surface area contributed by atoms with Crippen molar-refractivity contribution in [3.8, 4) is 5.75 Å². The van der Waals surface area contributed by atoms with Crippen LogP contribution in [0.3, 0.4) is 0 Å². The third-order valence-corrected chi connectivity index (χ3v) is 2.62. The van der Waals surface area contributed by atoms with E-state index in [9.17, 15) is 14.4 Å². The van der Waals surface area contributed by atoms with Crippen molar-refractivity contribution in [2.24, 2.45) is 0 Å². The summed E-state index contributed by atoms with van der Waals surface area (Å²) in [6, 6.07) is 6.04. The highest BCUT2D eigenvalue weighted by Gasteiger charge is 2.21. The second-order valence-corrected chi connectivity index (χ2v) is 5.97. The molecule has 126 valence electrons. The maximum Gasteiger partial charge on any atom is 0.410 e. The molecule has 0 bridgehead atoms. The molecule has 23 heavy (non-hydrogen) atoms. The molecule has 0 aromatic heterocycles. The summed E-state index contributed by atoms with van der Waals surface area (Å²) >= 11 is 0. The van der Waals surface area contributed by atoms with Crippen molar-refractivity contribution in [2.75, 3.05) is 20.2 Å². The summed E-state index contributed by atoms with van der Waals surface area (Å²) in [6.45, 7) is 4.67. The molecule has 1 aromatic carbocycles. The Labute approximate surface area is 134 Å². The van der Waals surface area contributed by atoms with Crippen LogP contribution < -0.4 is 4.74 Å². The van der Waals surface area contributed by atoms with Crippen LogP contribution in [-0.4, -0.2) is 53.7 Å². The standard InChI is InChI=1S/C16H21NO6/c1-16(2,3)23-15(21)17(4)9-13(18)11-5-7-12(8-6-11)22-10-14(19)20/h5-8H,9-10H2,1-4H3,(H,19,20). The zero-order valence-electron chi connectivity index (χ0n) is 13.7. The second kappa shape index (κ2) is 7.62. The van der Waals surface area contributed by atoms with Crippen LogP contribution in [0.15, 0.2) is 24.3 Å². The van der Waals surface area contributed by atoms with Gasteiger partial charge in [-0.2, -0.15) is 0 Å². The Balaban J connectivity index is 2.60. The van der Waals surface area contributed by atoms with Crippen molar-refractivity contribution in [1.82, 2.24) is 4.90 Å². The first-order valence-electron chi connectivity index (χ1n) is 7.00. The van der Waals surface area contributed by atoms with Gasteiger partial charge >= 0.3 is 12.1 Å². The third kappa shape index (κ3) is 6.82. The van der Waals surface area contributed by atoms with Crippen molar-refractivity contribution >= 4 is 17.8 Å². The number of benzene rings is 1. The Morgan fingerprint density at radius 3 is 2.17 bits per heavy atom. The molecule has 0 atom stereocenters. The summed E-state index contributed by atoms with van der Waals surface area (Å²) in [5.41, 5.74) is -0.236. The van der Waals surface area contributed by atoms with E-state index in [1.54, 1.807) is 20.8 Å². The molecular formula is C16H21NO6. The fraction of sp³-hybridized carbons (Fsp3) is 0.438. The summed E-state index contributed by atoms with van der Waals surface area (Å²) in [5, 5.41) is 8.52. The van der Waals surface area contributed by atoms with Crippen LogP contribution in [0, 0.1) is 0 Å². The fourth-order valence-electron chi connectivity index (χ4n) is 1.59. The number of carbonyl (C=O) groups excluding carboxylic acids is 2. The molecule has 7 nitrogen and oxygen atoms in total. The van der Waals surface area contributed by atoms with E-state index in [0.717, 1.165) is 0 Å². The highest BCUT2D eigenvalue weighted by molar-refractivity contribution is 5.98. The van der Waals surface area contributed by atoms with Gasteiger partial charge in [-0.25, -0.2) is 9.59 Å². The van der Waals surface area contributed by atoms with Crippen LogP contribution in [0.4, 0.5) is 4.79 Å². The molecule has 0 spiro atoms. The SMILES string of the molecule is CN(CC(=O)c1ccc(OCC(=O)O)cc1)C(=O)OC(C)(C)C. The van der Waals surface area contributed by atoms with Crippen LogP contribution in [0.2, 0.25) is 0 Å². The van der Waals surface area contributed by atoms with E-state index in [-0.39, 0.29) is 12.3 Å². The summed E-state index contributed by atoms with van der Waals surface area (Å²) in [5.74, 6) is -0.989. The van der Waals surface area contributed by atoms with Gasteiger partial charge in [0.05, 0.1) is 6.54 Å². The van der Waals surface area contributed by atoms with Crippen molar-refractivity contribution < 1.29 is 29.0 Å². The molecule has 0 fully saturated rings. The Kier molecular flexibility index (Phi) is 6.12. The molecule has 0 aliphatic heterocycles. The van der Waals surface area contributed by atoms with Crippen LogP contribution in [0.5, 0.6) is 5.75 Å². The van der Waals surface area contributed by atoms with Gasteiger partial charge in [0.2, 0.25) is 0 Å². The number of ether oxygens (including phenoxy) is 2. The third-order valence-electron chi connectivity index (χ3n) is 2.62. The van der Waals surface area contributed by atoms with Crippen LogP contribution in [0.1, 0.15) is 31.1 Å². The van der Waals surface area contributed by atoms with Gasteiger partial charge in [-0.1, -0.05) is 0 Å². The number of likely N-dealkylation sites (N-methyl/N-ethyl adjacent to an activating group) is 1. The number of nitrogens with zero attached hydrogens (tertiary/aromatic N) is 1. The molecule has 7 heteroatoms. The average Bonchev–Trinajstić information content (AvgIpc) is 2.43. The Hall–Kier alpha value is -2.57. The molecule has 1 rings (SSSR count). The highest BCUT2D eigenvalue weighted by Crippen LogP contribution is 2.14. The Morgan fingerprint density at radius 2 is 1.70 bits per heavy atom. The Morgan fingerprint density at radius 1 is 1.13 bits per heavy atom. The summed E-state index contributed by atoms with van der Waals surface area (Å²) in [4.78, 5) is 35.5. The van der Waals surface area contributed by atoms with E-state index in [2.05, 4.69) is 0 Å². The maximum atomic E-state index is 12.1. The average molecular weight is 323 g/mol. The molecule has 0 saturated heterocycles. The van der Waals surface area contributed by atoms with Crippen LogP contribution in [0.25, 0.3) is 0 Å². The molecule has 0 saturated carbocycles. The Bertz CT molecular complexity index is 573. The predicted octanol–water partition coefficient (Wildman–Crippen LogP) is 2.20. The first kappa shape index (κ1) is 18.5. The van der Waals surface area contributed by atoms with E-state index < -0.39 is 24.3 Å². The summed E-state index contributed by atoms with van der Waals surface area (Å²) in [6.07, 6.45) is -0.577. The molecule has 0 heterocycles. The van der Waals surface area contributed by atoms with Crippen LogP contribution in [-0.2, 0) is 9.53 Å². The summed E-state index contributed by atoms with van der Waals surface area (Å²) in [7, 11) is 1.48. The number of aliphatic carboxylic acids is 1. The first-order chi connectivity index (χ1) is 10.6. The lowest BCUT2D eigenvalue weighted by atomic mass is 10.1. The van der Waals surface area contributed by atoms with E-state index in [1.807, 2.05) is 0 Å². The normalized spacial score (nSPS) is 10.8. The largest absolute Gasteiger partial charge is 0.482 e. The minimum atomic E-state index is -1.08. The zero-order valence-corrected chi connectivity index (χ0v) is 13.7. The van der Waals surface area contributed by atoms with Gasteiger partial charge in [0.25, 0.3) is 0 Å². The molecule has 1 N–H and O–H groups in total. The minimum absolute atomic E-state index is 0.121. The number of Topliss-reactive ketones (excluding diaryl/α,β-unsaturated/α-hetero) is 1. The van der Waals surface area contributed by atoms with Gasteiger partial charge in [0.15, 0.2) is 12.4 Å². The van der Waals surface area contributed by atoms with E-state index >= 15 is 0 Å². The molecule has 0 aliphatic carbocycles. The number of hydrogen-bond donors (Lipinski definition) is 1. The number of rotatable bonds is 6. The number of carboxylic acid groups (broad SMARTS) is 1. The second-order valence-electron chi connectivity index (χ2n) is 5.97. The topological polar surface area (TPSA) is 93.1 Å². The number of carboxylic acids is 1. The maximum absolute atomic E-state index is 12.1. The van der Waals surface area contributed by atoms with Crippen LogP contribution >= 0.6 is 0 Å². The van der Waals surface area contributed by atoms with E-state index in [0.29, 0.717) is 11.3 Å². The van der Waals surface area contributed by atoms with Crippen molar-refractivity contribution in [2.45, 2.75) is 26.4 Å². The minimum Gasteiger partial charge on any atom is -0.482 e. The lowest BCUT2D eigenvalue weighted by Crippen LogP contribution is -2.37. The van der Waals surface area contributed by atoms with Gasteiger partial charge in [-0.15, -0.1) is 0 Å². The van der Waals surface area contributed by atoms with Crippen molar-refractivity contribution in [1.29, 1.82) is 0 Å². The number of amides is 1. The molecule has 1 amide bonds. The van der Waals surface area contributed by atoms with Gasteiger partial charge < -0.3 is 19.5 Å².